The molecule has 1 saturated carbocycles. The van der Waals surface area contributed by atoms with Gasteiger partial charge in [-0.1, -0.05) is 6.92 Å². The van der Waals surface area contributed by atoms with Gasteiger partial charge in [0.15, 0.2) is 0 Å². The quantitative estimate of drug-likeness (QED) is 0.519. The largest absolute Gasteiger partial charge is 0.158 e. The minimum atomic E-state index is 1.03. The van der Waals surface area contributed by atoms with Gasteiger partial charge < -0.3 is 0 Å². The molecule has 1 heterocycles. The summed E-state index contributed by atoms with van der Waals surface area (Å²) in [6, 6.07) is 0. The van der Waals surface area contributed by atoms with Crippen molar-refractivity contribution in [2.75, 3.05) is 5.75 Å². The van der Waals surface area contributed by atoms with Gasteiger partial charge in [-0.3, -0.25) is 0 Å². The molecule has 0 bridgehead atoms. The molecule has 2 aliphatic rings. The van der Waals surface area contributed by atoms with Crippen molar-refractivity contribution in [1.29, 1.82) is 0 Å². The average molecular weight is 156 g/mol. The lowest BCUT2D eigenvalue weighted by molar-refractivity contribution is 0.297. The maximum atomic E-state index is 2.42. The molecule has 58 valence electrons. The van der Waals surface area contributed by atoms with E-state index in [2.05, 4.69) is 18.7 Å². The lowest BCUT2D eigenvalue weighted by Gasteiger charge is -2.28. The molecule has 0 spiro atoms. The van der Waals surface area contributed by atoms with Crippen molar-refractivity contribution < 1.29 is 0 Å². The predicted octanol–water partition coefficient (Wildman–Crippen LogP) is 2.93. The van der Waals surface area contributed by atoms with Crippen molar-refractivity contribution in [1.82, 2.24) is 0 Å². The van der Waals surface area contributed by atoms with E-state index in [1.54, 1.807) is 0 Å². The van der Waals surface area contributed by atoms with E-state index in [4.69, 9.17) is 0 Å². The van der Waals surface area contributed by atoms with Crippen LogP contribution in [-0.2, 0) is 0 Å². The first-order valence-electron chi connectivity index (χ1n) is 4.48. The molecule has 0 amide bonds. The number of thioether (sulfide) groups is 1. The van der Waals surface area contributed by atoms with Crippen molar-refractivity contribution >= 4 is 11.8 Å². The summed E-state index contributed by atoms with van der Waals surface area (Å²) < 4.78 is 0. The Morgan fingerprint density at radius 3 is 3.00 bits per heavy atom. The molecule has 2 rings (SSSR count). The van der Waals surface area contributed by atoms with Gasteiger partial charge in [0.1, 0.15) is 0 Å². The lowest BCUT2D eigenvalue weighted by atomic mass is 9.81. The second-order valence-electron chi connectivity index (χ2n) is 3.88. The minimum absolute atomic E-state index is 1.03. The van der Waals surface area contributed by atoms with Crippen LogP contribution < -0.4 is 0 Å². The minimum Gasteiger partial charge on any atom is -0.158 e. The summed E-state index contributed by atoms with van der Waals surface area (Å²) in [5, 5.41) is 1.07. The Kier molecular flexibility index (Phi) is 1.94. The molecule has 3 unspecified atom stereocenters. The number of rotatable bonds is 0. The van der Waals surface area contributed by atoms with Crippen molar-refractivity contribution in [3.05, 3.63) is 0 Å². The van der Waals surface area contributed by atoms with Gasteiger partial charge in [-0.05, 0) is 43.3 Å². The number of hydrogen-bond acceptors (Lipinski definition) is 1. The van der Waals surface area contributed by atoms with Gasteiger partial charge in [0.2, 0.25) is 0 Å². The molecule has 0 aromatic rings. The zero-order valence-electron chi connectivity index (χ0n) is 6.68. The van der Waals surface area contributed by atoms with E-state index in [1.807, 2.05) is 0 Å². The fourth-order valence-corrected chi connectivity index (χ4v) is 3.93. The van der Waals surface area contributed by atoms with Crippen LogP contribution in [0.3, 0.4) is 0 Å². The van der Waals surface area contributed by atoms with E-state index in [1.165, 1.54) is 31.4 Å². The van der Waals surface area contributed by atoms with Crippen LogP contribution >= 0.6 is 11.8 Å². The van der Waals surface area contributed by atoms with Crippen LogP contribution in [0.2, 0.25) is 0 Å². The van der Waals surface area contributed by atoms with Gasteiger partial charge in [0, 0.05) is 5.25 Å². The molecule has 3 atom stereocenters. The molecule has 0 aromatic heterocycles. The standard InChI is InChI=1S/C9H16S/c1-7-2-3-9-8(6-7)4-5-10-9/h7-9H,2-6H2,1H3. The summed E-state index contributed by atoms with van der Waals surface area (Å²) in [6.07, 6.45) is 6.04. The molecule has 1 saturated heterocycles. The molecule has 2 fully saturated rings. The van der Waals surface area contributed by atoms with Crippen molar-refractivity contribution in [2.24, 2.45) is 11.8 Å². The molecule has 1 aliphatic carbocycles. The van der Waals surface area contributed by atoms with Crippen LogP contribution in [0, 0.1) is 11.8 Å². The Hall–Kier alpha value is 0.350. The summed E-state index contributed by atoms with van der Waals surface area (Å²) in [6.45, 7) is 2.42. The zero-order valence-corrected chi connectivity index (χ0v) is 7.49. The van der Waals surface area contributed by atoms with Gasteiger partial charge in [-0.25, -0.2) is 0 Å². The highest BCUT2D eigenvalue weighted by atomic mass is 32.2. The topological polar surface area (TPSA) is 0 Å². The molecule has 0 radical (unpaired) electrons. The molecule has 1 aliphatic heterocycles. The first-order chi connectivity index (χ1) is 4.86. The summed E-state index contributed by atoms with van der Waals surface area (Å²) in [7, 11) is 0. The molecule has 0 aromatic carbocycles. The predicted molar refractivity (Wildman–Crippen MR) is 47.4 cm³/mol. The van der Waals surface area contributed by atoms with Gasteiger partial charge >= 0.3 is 0 Å². The number of fused-ring (bicyclic) bond motifs is 1. The van der Waals surface area contributed by atoms with Gasteiger partial charge in [0.05, 0.1) is 0 Å². The third kappa shape index (κ3) is 1.20. The van der Waals surface area contributed by atoms with E-state index < -0.39 is 0 Å². The highest BCUT2D eigenvalue weighted by molar-refractivity contribution is 8.00. The van der Waals surface area contributed by atoms with E-state index in [-0.39, 0.29) is 0 Å². The highest BCUT2D eigenvalue weighted by Crippen LogP contribution is 2.43. The third-order valence-corrected chi connectivity index (χ3v) is 4.52. The Labute approximate surface area is 67.8 Å². The summed E-state index contributed by atoms with van der Waals surface area (Å²) in [5.41, 5.74) is 0. The summed E-state index contributed by atoms with van der Waals surface area (Å²) in [4.78, 5) is 0. The molecule has 0 N–H and O–H groups in total. The van der Waals surface area contributed by atoms with E-state index >= 15 is 0 Å². The fourth-order valence-electron chi connectivity index (χ4n) is 2.36. The smallest absolute Gasteiger partial charge is 0.00758 e. The van der Waals surface area contributed by atoms with Gasteiger partial charge in [-0.2, -0.15) is 11.8 Å². The van der Waals surface area contributed by atoms with Crippen LogP contribution in [-0.4, -0.2) is 11.0 Å². The molecule has 1 heteroatoms. The van der Waals surface area contributed by atoms with Gasteiger partial charge in [-0.15, -0.1) is 0 Å². The normalized spacial score (nSPS) is 47.1. The number of hydrogen-bond donors (Lipinski definition) is 0. The maximum Gasteiger partial charge on any atom is 0.00758 e. The second kappa shape index (κ2) is 2.77. The first-order valence-corrected chi connectivity index (χ1v) is 5.53. The molecular formula is C9H16S. The summed E-state index contributed by atoms with van der Waals surface area (Å²) in [5.74, 6) is 3.58. The van der Waals surface area contributed by atoms with Crippen molar-refractivity contribution in [2.45, 2.75) is 37.9 Å². The summed E-state index contributed by atoms with van der Waals surface area (Å²) >= 11 is 2.23. The Bertz CT molecular complexity index is 122. The molecular weight excluding hydrogens is 140 g/mol. The highest BCUT2D eigenvalue weighted by Gasteiger charge is 2.32. The van der Waals surface area contributed by atoms with E-state index in [9.17, 15) is 0 Å². The third-order valence-electron chi connectivity index (χ3n) is 3.00. The monoisotopic (exact) mass is 156 g/mol. The van der Waals surface area contributed by atoms with Crippen molar-refractivity contribution in [3.63, 3.8) is 0 Å². The van der Waals surface area contributed by atoms with Crippen LogP contribution in [0.1, 0.15) is 32.6 Å². The SMILES string of the molecule is CC1CCC2SCCC2C1. The van der Waals surface area contributed by atoms with E-state index in [0.29, 0.717) is 0 Å². The Morgan fingerprint density at radius 1 is 1.20 bits per heavy atom. The maximum absolute atomic E-state index is 2.42. The van der Waals surface area contributed by atoms with Crippen LogP contribution in [0.15, 0.2) is 0 Å². The lowest BCUT2D eigenvalue weighted by Crippen LogP contribution is -2.21. The van der Waals surface area contributed by atoms with E-state index in [0.717, 1.165) is 17.1 Å². The van der Waals surface area contributed by atoms with Crippen molar-refractivity contribution in [3.8, 4) is 0 Å². The second-order valence-corrected chi connectivity index (χ2v) is 5.22. The first kappa shape index (κ1) is 7.02. The molecule has 0 nitrogen and oxygen atoms in total. The van der Waals surface area contributed by atoms with Crippen LogP contribution in [0.4, 0.5) is 0 Å². The van der Waals surface area contributed by atoms with Gasteiger partial charge in [0.25, 0.3) is 0 Å². The molecule has 10 heavy (non-hydrogen) atoms. The fraction of sp³-hybridized carbons (Fsp3) is 1.00. The Morgan fingerprint density at radius 2 is 2.10 bits per heavy atom. The van der Waals surface area contributed by atoms with Crippen LogP contribution in [0.5, 0.6) is 0 Å². The Balaban J connectivity index is 1.96. The average Bonchev–Trinajstić information content (AvgIpc) is 2.33. The zero-order chi connectivity index (χ0) is 6.97. The van der Waals surface area contributed by atoms with Crippen LogP contribution in [0.25, 0.3) is 0 Å².